The molecule has 4 heterocycles. The number of hydrogen-bond acceptors (Lipinski definition) is 6. The quantitative estimate of drug-likeness (QED) is 0.826. The number of carbonyl (C=O) groups is 2. The van der Waals surface area contributed by atoms with Crippen molar-refractivity contribution in [3.05, 3.63) is 36.5 Å². The number of carbonyl (C=O) groups excluding carboxylic acids is 2. The fraction of sp³-hybridized carbons (Fsp3) is 0.471. The lowest BCUT2D eigenvalue weighted by Crippen LogP contribution is -2.41. The van der Waals surface area contributed by atoms with Crippen molar-refractivity contribution in [1.29, 1.82) is 0 Å². The van der Waals surface area contributed by atoms with E-state index >= 15 is 0 Å². The first-order valence-corrected chi connectivity index (χ1v) is 8.94. The number of pyridine rings is 1. The van der Waals surface area contributed by atoms with Crippen molar-refractivity contribution in [3.63, 3.8) is 0 Å². The van der Waals surface area contributed by atoms with E-state index in [2.05, 4.69) is 25.7 Å². The van der Waals surface area contributed by atoms with Gasteiger partial charge in [0.05, 0.1) is 6.54 Å². The summed E-state index contributed by atoms with van der Waals surface area (Å²) in [5, 5.41) is 9.76. The van der Waals surface area contributed by atoms with Crippen LogP contribution < -0.4 is 10.6 Å². The zero-order valence-electron chi connectivity index (χ0n) is 14.8. The number of nitrogens with zero attached hydrogens (tertiary/aromatic N) is 5. The average Bonchev–Trinajstić information content (AvgIpc) is 3.28. The molecule has 1 spiro atoms. The van der Waals surface area contributed by atoms with E-state index in [9.17, 15) is 9.59 Å². The number of amides is 3. The van der Waals surface area contributed by atoms with E-state index in [0.717, 1.165) is 18.4 Å². The van der Waals surface area contributed by atoms with Gasteiger partial charge in [0.2, 0.25) is 0 Å². The third-order valence-corrected chi connectivity index (χ3v) is 4.98. The summed E-state index contributed by atoms with van der Waals surface area (Å²) in [5.41, 5.74) is 0.368. The highest BCUT2D eigenvalue weighted by atomic mass is 16.6. The van der Waals surface area contributed by atoms with E-state index in [-0.39, 0.29) is 12.1 Å². The highest BCUT2D eigenvalue weighted by Crippen LogP contribution is 2.29. The summed E-state index contributed by atoms with van der Waals surface area (Å²) in [5.74, 6) is 0.633. The van der Waals surface area contributed by atoms with Crippen LogP contribution in [0.25, 0.3) is 5.82 Å². The third-order valence-electron chi connectivity index (χ3n) is 4.98. The minimum Gasteiger partial charge on any atom is -0.441 e. The lowest BCUT2D eigenvalue weighted by Gasteiger charge is -2.25. The molecule has 2 aromatic heterocycles. The van der Waals surface area contributed by atoms with Gasteiger partial charge in [0.25, 0.3) is 0 Å². The van der Waals surface area contributed by atoms with Crippen LogP contribution in [0.2, 0.25) is 0 Å². The average molecular weight is 371 g/mol. The minimum absolute atomic E-state index is 0.141. The molecule has 10 nitrogen and oxygen atoms in total. The van der Waals surface area contributed by atoms with Crippen LogP contribution in [0.4, 0.5) is 9.59 Å². The Labute approximate surface area is 155 Å². The number of hydrogen-bond donors (Lipinski definition) is 2. The van der Waals surface area contributed by atoms with Gasteiger partial charge in [0.1, 0.15) is 18.3 Å². The highest BCUT2D eigenvalue weighted by molar-refractivity contribution is 5.74. The van der Waals surface area contributed by atoms with E-state index < -0.39 is 5.60 Å². The summed E-state index contributed by atoms with van der Waals surface area (Å²) in [6.07, 6.45) is 6.50. The maximum atomic E-state index is 12.6. The number of urea groups is 1. The fourth-order valence-electron chi connectivity index (χ4n) is 3.53. The number of aromatic nitrogens is 4. The van der Waals surface area contributed by atoms with Crippen LogP contribution in [-0.2, 0) is 11.3 Å². The van der Waals surface area contributed by atoms with E-state index in [1.807, 2.05) is 12.1 Å². The highest BCUT2D eigenvalue weighted by Gasteiger charge is 2.41. The molecule has 0 bridgehead atoms. The van der Waals surface area contributed by atoms with Crippen LogP contribution in [-0.4, -0.2) is 62.0 Å². The molecule has 142 valence electrons. The van der Waals surface area contributed by atoms with Crippen molar-refractivity contribution in [3.8, 4) is 5.82 Å². The SMILES string of the molecule is O=C1NCC2(CCCN(C(=O)NCc3cccnc3-n3cncn3)CC2)O1. The summed E-state index contributed by atoms with van der Waals surface area (Å²) in [6, 6.07) is 3.57. The minimum atomic E-state index is -0.476. The van der Waals surface area contributed by atoms with Crippen LogP contribution in [0.5, 0.6) is 0 Å². The van der Waals surface area contributed by atoms with Gasteiger partial charge in [-0.1, -0.05) is 6.07 Å². The molecular weight excluding hydrogens is 350 g/mol. The molecule has 2 aromatic rings. The Morgan fingerprint density at radius 3 is 3.07 bits per heavy atom. The summed E-state index contributed by atoms with van der Waals surface area (Å²) in [4.78, 5) is 34.0. The smallest absolute Gasteiger partial charge is 0.407 e. The molecule has 27 heavy (non-hydrogen) atoms. The number of likely N-dealkylation sites (tertiary alicyclic amines) is 1. The molecule has 2 aliphatic rings. The first kappa shape index (κ1) is 17.3. The normalized spacial score (nSPS) is 22.2. The van der Waals surface area contributed by atoms with Crippen molar-refractivity contribution in [2.24, 2.45) is 0 Å². The second-order valence-electron chi connectivity index (χ2n) is 6.75. The molecular formula is C17H21N7O3. The molecule has 10 heteroatoms. The third kappa shape index (κ3) is 3.69. The van der Waals surface area contributed by atoms with Crippen molar-refractivity contribution < 1.29 is 14.3 Å². The molecule has 0 saturated carbocycles. The topological polar surface area (TPSA) is 114 Å². The van der Waals surface area contributed by atoms with Gasteiger partial charge in [-0.15, -0.1) is 0 Å². The largest absolute Gasteiger partial charge is 0.441 e. The maximum absolute atomic E-state index is 12.6. The zero-order valence-corrected chi connectivity index (χ0v) is 14.8. The Hall–Kier alpha value is -3.17. The van der Waals surface area contributed by atoms with Crippen LogP contribution in [0, 0.1) is 0 Å². The van der Waals surface area contributed by atoms with Gasteiger partial charge in [0, 0.05) is 37.8 Å². The Morgan fingerprint density at radius 2 is 2.30 bits per heavy atom. The first-order chi connectivity index (χ1) is 13.2. The molecule has 0 aliphatic carbocycles. The van der Waals surface area contributed by atoms with Gasteiger partial charge < -0.3 is 20.3 Å². The van der Waals surface area contributed by atoms with Gasteiger partial charge in [-0.05, 0) is 18.9 Å². The second kappa shape index (κ2) is 7.22. The van der Waals surface area contributed by atoms with Crippen LogP contribution in [0.15, 0.2) is 31.0 Å². The number of rotatable bonds is 3. The van der Waals surface area contributed by atoms with Crippen LogP contribution in [0.3, 0.4) is 0 Å². The van der Waals surface area contributed by atoms with Gasteiger partial charge in [-0.25, -0.2) is 24.2 Å². The maximum Gasteiger partial charge on any atom is 0.407 e. The van der Waals surface area contributed by atoms with Gasteiger partial charge >= 0.3 is 12.1 Å². The molecule has 4 rings (SSSR count). The standard InChI is InChI=1S/C17H21N7O3/c25-15(23-7-2-4-17(5-8-23)10-21-16(26)27-17)20-9-13-3-1-6-19-14(13)24-12-18-11-22-24/h1,3,6,11-12H,2,4-5,7-10H2,(H,20,25)(H,21,26). The van der Waals surface area contributed by atoms with Crippen molar-refractivity contribution in [2.75, 3.05) is 19.6 Å². The van der Waals surface area contributed by atoms with Crippen molar-refractivity contribution in [1.82, 2.24) is 35.3 Å². The molecule has 3 amide bonds. The Bertz CT molecular complexity index is 826. The fourth-order valence-corrected chi connectivity index (χ4v) is 3.53. The lowest BCUT2D eigenvalue weighted by molar-refractivity contribution is 0.0453. The van der Waals surface area contributed by atoms with E-state index in [4.69, 9.17) is 4.74 Å². The number of nitrogens with one attached hydrogen (secondary N) is 2. The van der Waals surface area contributed by atoms with E-state index in [1.54, 1.807) is 22.1 Å². The van der Waals surface area contributed by atoms with Crippen molar-refractivity contribution >= 4 is 12.1 Å². The Kier molecular flexibility index (Phi) is 4.61. The summed E-state index contributed by atoms with van der Waals surface area (Å²) < 4.78 is 7.02. The van der Waals surface area contributed by atoms with Crippen molar-refractivity contribution in [2.45, 2.75) is 31.4 Å². The van der Waals surface area contributed by atoms with Gasteiger partial charge in [-0.2, -0.15) is 5.10 Å². The summed E-state index contributed by atoms with van der Waals surface area (Å²) in [6.45, 7) is 2.02. The second-order valence-corrected chi connectivity index (χ2v) is 6.75. The van der Waals surface area contributed by atoms with E-state index in [1.165, 1.54) is 6.33 Å². The summed E-state index contributed by atoms with van der Waals surface area (Å²) in [7, 11) is 0. The molecule has 2 fully saturated rings. The predicted octanol–water partition coefficient (Wildman–Crippen LogP) is 0.836. The van der Waals surface area contributed by atoms with Crippen LogP contribution in [0.1, 0.15) is 24.8 Å². The Balaban J connectivity index is 1.37. The van der Waals surface area contributed by atoms with Crippen LogP contribution >= 0.6 is 0 Å². The molecule has 1 atom stereocenters. The lowest BCUT2D eigenvalue weighted by atomic mass is 9.95. The Morgan fingerprint density at radius 1 is 1.37 bits per heavy atom. The van der Waals surface area contributed by atoms with E-state index in [0.29, 0.717) is 38.4 Å². The zero-order chi connectivity index (χ0) is 18.7. The number of alkyl carbamates (subject to hydrolysis) is 1. The van der Waals surface area contributed by atoms with Gasteiger partial charge in [-0.3, -0.25) is 0 Å². The van der Waals surface area contributed by atoms with Gasteiger partial charge in [0.15, 0.2) is 5.82 Å². The molecule has 2 N–H and O–H groups in total. The monoisotopic (exact) mass is 371 g/mol. The molecule has 0 radical (unpaired) electrons. The summed E-state index contributed by atoms with van der Waals surface area (Å²) >= 11 is 0. The first-order valence-electron chi connectivity index (χ1n) is 8.94. The number of ether oxygens (including phenoxy) is 1. The predicted molar refractivity (Wildman–Crippen MR) is 94.0 cm³/mol. The molecule has 2 aliphatic heterocycles. The molecule has 0 aromatic carbocycles. The molecule has 1 unspecified atom stereocenters. The molecule has 2 saturated heterocycles.